The molecule has 5 rings (SSSR count). The number of hydrogen-bond acceptors (Lipinski definition) is 2. The van der Waals surface area contributed by atoms with Gasteiger partial charge < -0.3 is 0 Å². The summed E-state index contributed by atoms with van der Waals surface area (Å²) in [6, 6.07) is 25.3. The van der Waals surface area contributed by atoms with Gasteiger partial charge in [0, 0.05) is 11.1 Å². The number of Topliss-reactive ketones (excluding diaryl/α,β-unsaturated/α-hetero) is 2. The van der Waals surface area contributed by atoms with E-state index in [1.807, 2.05) is 61.5 Å². The Kier molecular flexibility index (Phi) is 3.38. The molecule has 0 amide bonds. The van der Waals surface area contributed by atoms with Gasteiger partial charge in [0.15, 0.2) is 11.6 Å². The molecule has 0 aromatic heterocycles. The first-order chi connectivity index (χ1) is 13.0. The maximum Gasteiger partial charge on any atom is 0.182 e. The second-order valence-corrected chi connectivity index (χ2v) is 8.67. The first-order valence-corrected chi connectivity index (χ1v) is 9.82. The van der Waals surface area contributed by atoms with E-state index in [2.05, 4.69) is 28.1 Å². The van der Waals surface area contributed by atoms with Crippen LogP contribution in [0.1, 0.15) is 37.4 Å². The molecule has 0 spiro atoms. The van der Waals surface area contributed by atoms with Crippen LogP contribution in [-0.2, 0) is 5.41 Å². The van der Waals surface area contributed by atoms with Crippen molar-refractivity contribution in [3.63, 3.8) is 0 Å². The Balaban J connectivity index is 1.81. The highest BCUT2D eigenvalue weighted by atomic mass is 79.9. The normalized spacial score (nSPS) is 28.4. The van der Waals surface area contributed by atoms with E-state index in [0.717, 1.165) is 16.7 Å². The standard InChI is InChI=1S/C24H17BrO2/c1-15-11-13-17(14-12-15)23(16-7-3-2-4-8-16)21-20(26)18-9-5-6-10-19(18)22(27)24(21,23)25/h2-14,21H,1H3/t21-,23+,24-/m0/s1. The van der Waals surface area contributed by atoms with E-state index < -0.39 is 15.7 Å². The highest BCUT2D eigenvalue weighted by Crippen LogP contribution is 2.74. The topological polar surface area (TPSA) is 34.1 Å². The monoisotopic (exact) mass is 416 g/mol. The Hall–Kier alpha value is -2.52. The van der Waals surface area contributed by atoms with Crippen molar-refractivity contribution >= 4 is 27.5 Å². The van der Waals surface area contributed by atoms with Crippen LogP contribution in [-0.4, -0.2) is 15.9 Å². The second kappa shape index (κ2) is 5.49. The molecule has 0 radical (unpaired) electrons. The van der Waals surface area contributed by atoms with Crippen LogP contribution in [0.5, 0.6) is 0 Å². The summed E-state index contributed by atoms with van der Waals surface area (Å²) in [6.45, 7) is 2.04. The molecule has 3 aromatic rings. The van der Waals surface area contributed by atoms with Gasteiger partial charge in [-0.1, -0.05) is 100 Å². The fourth-order valence-corrected chi connectivity index (χ4v) is 6.15. The fourth-order valence-electron chi connectivity index (χ4n) is 4.81. The van der Waals surface area contributed by atoms with Crippen molar-refractivity contribution in [2.75, 3.05) is 0 Å². The van der Waals surface area contributed by atoms with Gasteiger partial charge in [-0.05, 0) is 18.1 Å². The molecule has 3 atom stereocenters. The van der Waals surface area contributed by atoms with E-state index in [4.69, 9.17) is 0 Å². The number of carbonyl (C=O) groups excluding carboxylic acids is 2. The van der Waals surface area contributed by atoms with Crippen LogP contribution in [0.15, 0.2) is 78.9 Å². The van der Waals surface area contributed by atoms with Crippen molar-refractivity contribution in [1.82, 2.24) is 0 Å². The van der Waals surface area contributed by atoms with Crippen LogP contribution in [0.2, 0.25) is 0 Å². The summed E-state index contributed by atoms with van der Waals surface area (Å²) in [7, 11) is 0. The molecule has 1 fully saturated rings. The average Bonchev–Trinajstić information content (AvgIpc) is 3.30. The van der Waals surface area contributed by atoms with Crippen LogP contribution in [0, 0.1) is 12.8 Å². The largest absolute Gasteiger partial charge is 0.294 e. The summed E-state index contributed by atoms with van der Waals surface area (Å²) in [5.74, 6) is -0.420. The quantitative estimate of drug-likeness (QED) is 0.543. The van der Waals surface area contributed by atoms with Gasteiger partial charge in [0.1, 0.15) is 4.32 Å². The molecule has 3 aromatic carbocycles. The molecule has 0 saturated heterocycles. The molecule has 0 heterocycles. The molecule has 2 aliphatic carbocycles. The molecule has 0 aliphatic heterocycles. The van der Waals surface area contributed by atoms with Crippen molar-refractivity contribution in [3.05, 3.63) is 107 Å². The molecular formula is C24H17BrO2. The molecule has 0 N–H and O–H groups in total. The Labute approximate surface area is 166 Å². The second-order valence-electron chi connectivity index (χ2n) is 7.42. The van der Waals surface area contributed by atoms with Crippen LogP contribution < -0.4 is 0 Å². The number of fused-ring (bicyclic) bond motifs is 2. The molecule has 0 bridgehead atoms. The molecule has 1 saturated carbocycles. The number of rotatable bonds is 2. The zero-order valence-electron chi connectivity index (χ0n) is 14.8. The lowest BCUT2D eigenvalue weighted by Gasteiger charge is -2.22. The van der Waals surface area contributed by atoms with Crippen LogP contribution in [0.25, 0.3) is 0 Å². The molecule has 0 unspecified atom stereocenters. The molecule has 3 heteroatoms. The van der Waals surface area contributed by atoms with E-state index in [-0.39, 0.29) is 11.6 Å². The van der Waals surface area contributed by atoms with Gasteiger partial charge in [-0.2, -0.15) is 0 Å². The van der Waals surface area contributed by atoms with Crippen LogP contribution in [0.4, 0.5) is 0 Å². The van der Waals surface area contributed by atoms with Crippen molar-refractivity contribution in [2.45, 2.75) is 16.7 Å². The first kappa shape index (κ1) is 16.6. The minimum absolute atomic E-state index is 0.00729. The average molecular weight is 417 g/mol. The third kappa shape index (κ3) is 1.90. The highest BCUT2D eigenvalue weighted by molar-refractivity contribution is 9.10. The number of carbonyl (C=O) groups is 2. The fraction of sp³-hybridized carbons (Fsp3) is 0.167. The minimum atomic E-state index is -0.942. The van der Waals surface area contributed by atoms with E-state index >= 15 is 0 Å². The third-order valence-electron chi connectivity index (χ3n) is 6.09. The number of hydrogen-bond donors (Lipinski definition) is 0. The Morgan fingerprint density at radius 1 is 0.741 bits per heavy atom. The maximum absolute atomic E-state index is 13.6. The van der Waals surface area contributed by atoms with E-state index in [0.29, 0.717) is 11.1 Å². The number of halogens is 1. The Bertz CT molecular complexity index is 1090. The summed E-state index contributed by atoms with van der Waals surface area (Å²) >= 11 is 3.79. The zero-order chi connectivity index (χ0) is 18.8. The van der Waals surface area contributed by atoms with Crippen molar-refractivity contribution in [2.24, 2.45) is 5.92 Å². The van der Waals surface area contributed by atoms with Gasteiger partial charge in [0.25, 0.3) is 0 Å². The highest BCUT2D eigenvalue weighted by Gasteiger charge is 2.84. The smallest absolute Gasteiger partial charge is 0.182 e. The lowest BCUT2D eigenvalue weighted by molar-refractivity contribution is 0.0893. The van der Waals surface area contributed by atoms with Crippen LogP contribution in [0.3, 0.4) is 0 Å². The van der Waals surface area contributed by atoms with Crippen molar-refractivity contribution in [3.8, 4) is 0 Å². The Morgan fingerprint density at radius 3 is 1.96 bits per heavy atom. The number of benzene rings is 3. The lowest BCUT2D eigenvalue weighted by Crippen LogP contribution is -2.31. The summed E-state index contributed by atoms with van der Waals surface area (Å²) in [5, 5.41) is 0. The molecular weight excluding hydrogens is 400 g/mol. The zero-order valence-corrected chi connectivity index (χ0v) is 16.4. The van der Waals surface area contributed by atoms with Gasteiger partial charge >= 0.3 is 0 Å². The Morgan fingerprint density at radius 2 is 1.30 bits per heavy atom. The predicted molar refractivity (Wildman–Crippen MR) is 109 cm³/mol. The summed E-state index contributed by atoms with van der Waals surface area (Å²) in [5.41, 5.74) is 3.49. The van der Waals surface area contributed by atoms with Gasteiger partial charge in [0.2, 0.25) is 0 Å². The third-order valence-corrected chi connectivity index (χ3v) is 7.53. The number of aryl methyl sites for hydroxylation is 1. The predicted octanol–water partition coefficient (Wildman–Crippen LogP) is 5.12. The lowest BCUT2D eigenvalue weighted by atomic mass is 9.83. The first-order valence-electron chi connectivity index (χ1n) is 9.02. The molecule has 27 heavy (non-hydrogen) atoms. The summed E-state index contributed by atoms with van der Waals surface area (Å²) in [6.07, 6.45) is 0. The SMILES string of the molecule is Cc1ccc([C@]2(c3ccccc3)[C@@H]3C(=O)c4ccccc4C(=O)[C@@]32Br)cc1. The minimum Gasteiger partial charge on any atom is -0.294 e. The van der Waals surface area contributed by atoms with Crippen molar-refractivity contribution < 1.29 is 9.59 Å². The van der Waals surface area contributed by atoms with E-state index in [1.165, 1.54) is 0 Å². The summed E-state index contributed by atoms with van der Waals surface area (Å²) < 4.78 is -0.942. The molecule has 2 nitrogen and oxygen atoms in total. The van der Waals surface area contributed by atoms with Gasteiger partial charge in [0.05, 0.1) is 11.3 Å². The number of ketones is 2. The van der Waals surface area contributed by atoms with E-state index in [1.54, 1.807) is 12.1 Å². The van der Waals surface area contributed by atoms with Crippen molar-refractivity contribution in [1.29, 1.82) is 0 Å². The van der Waals surface area contributed by atoms with E-state index in [9.17, 15) is 9.59 Å². The molecule has 2 aliphatic rings. The van der Waals surface area contributed by atoms with Gasteiger partial charge in [-0.3, -0.25) is 9.59 Å². The maximum atomic E-state index is 13.6. The van der Waals surface area contributed by atoms with Crippen LogP contribution >= 0.6 is 15.9 Å². The van der Waals surface area contributed by atoms with Gasteiger partial charge in [-0.15, -0.1) is 0 Å². The molecule has 132 valence electrons. The summed E-state index contributed by atoms with van der Waals surface area (Å²) in [4.78, 5) is 27.0. The van der Waals surface area contributed by atoms with Gasteiger partial charge in [-0.25, -0.2) is 0 Å². The number of alkyl halides is 1.